The molecule has 0 saturated carbocycles. The van der Waals surface area contributed by atoms with E-state index in [2.05, 4.69) is 51.8 Å². The van der Waals surface area contributed by atoms with Crippen LogP contribution in [0.2, 0.25) is 0 Å². The molecule has 0 bridgehead atoms. The summed E-state index contributed by atoms with van der Waals surface area (Å²) in [6.45, 7) is 7.16. The molecule has 1 aliphatic heterocycles. The molecule has 6 heteroatoms. The molecule has 3 rings (SSSR count). The number of carbonyl (C=O) groups excluding carboxylic acids is 1. The summed E-state index contributed by atoms with van der Waals surface area (Å²) in [5, 5.41) is 6.15. The van der Waals surface area contributed by atoms with Crippen molar-refractivity contribution in [3.8, 4) is 0 Å². The molecule has 1 aliphatic rings. The van der Waals surface area contributed by atoms with Crippen LogP contribution in [0.4, 0.5) is 0 Å². The maximum Gasteiger partial charge on any atom is 0.230 e. The van der Waals surface area contributed by atoms with Crippen molar-refractivity contribution in [3.63, 3.8) is 0 Å². The average molecular weight is 404 g/mol. The van der Waals surface area contributed by atoms with Crippen LogP contribution >= 0.6 is 23.1 Å². The van der Waals surface area contributed by atoms with Gasteiger partial charge in [0.15, 0.2) is 0 Å². The number of benzene rings is 1. The fourth-order valence-electron chi connectivity index (χ4n) is 3.36. The Labute approximate surface area is 170 Å². The number of nitrogens with one attached hydrogen (secondary N) is 1. The first-order valence-electron chi connectivity index (χ1n) is 9.67. The second kappa shape index (κ2) is 10.2. The molecule has 1 atom stereocenters. The van der Waals surface area contributed by atoms with E-state index in [4.69, 9.17) is 0 Å². The van der Waals surface area contributed by atoms with E-state index in [1.165, 1.54) is 31.4 Å². The Hall–Kier alpha value is -1.37. The van der Waals surface area contributed by atoms with Gasteiger partial charge < -0.3 is 5.32 Å². The molecule has 1 unspecified atom stereocenters. The third-order valence-electron chi connectivity index (χ3n) is 4.99. The summed E-state index contributed by atoms with van der Waals surface area (Å²) in [5.41, 5.74) is 3.57. The third kappa shape index (κ3) is 6.63. The third-order valence-corrected chi connectivity index (χ3v) is 6.78. The molecule has 146 valence electrons. The number of nitrogens with zero attached hydrogens (tertiary/aromatic N) is 2. The Morgan fingerprint density at radius 3 is 2.78 bits per heavy atom. The van der Waals surface area contributed by atoms with E-state index < -0.39 is 0 Å². The van der Waals surface area contributed by atoms with Crippen LogP contribution < -0.4 is 5.32 Å². The zero-order valence-electron chi connectivity index (χ0n) is 16.2. The van der Waals surface area contributed by atoms with E-state index in [1.807, 2.05) is 6.92 Å². The van der Waals surface area contributed by atoms with Crippen molar-refractivity contribution in [3.05, 3.63) is 51.5 Å². The van der Waals surface area contributed by atoms with Gasteiger partial charge in [0.05, 0.1) is 16.5 Å². The van der Waals surface area contributed by atoms with E-state index in [1.54, 1.807) is 23.1 Å². The molecule has 0 aliphatic carbocycles. The Kier molecular flexibility index (Phi) is 7.73. The van der Waals surface area contributed by atoms with Crippen LogP contribution in [0.5, 0.6) is 0 Å². The Morgan fingerprint density at radius 2 is 2.07 bits per heavy atom. The first-order chi connectivity index (χ1) is 13.1. The normalized spacial score (nSPS) is 17.8. The summed E-state index contributed by atoms with van der Waals surface area (Å²) >= 11 is 3.27. The topological polar surface area (TPSA) is 45.2 Å². The zero-order valence-corrected chi connectivity index (χ0v) is 17.9. The number of thioether (sulfide) groups is 1. The highest BCUT2D eigenvalue weighted by molar-refractivity contribution is 7.99. The molecular formula is C21H29N3OS2. The number of hydrogen-bond acceptors (Lipinski definition) is 5. The summed E-state index contributed by atoms with van der Waals surface area (Å²) in [4.78, 5) is 19.0. The van der Waals surface area contributed by atoms with Gasteiger partial charge in [-0.15, -0.1) is 23.1 Å². The Bertz CT molecular complexity index is 729. The maximum atomic E-state index is 12.0. The van der Waals surface area contributed by atoms with Crippen molar-refractivity contribution in [2.45, 2.75) is 58.0 Å². The van der Waals surface area contributed by atoms with Gasteiger partial charge in [-0.1, -0.05) is 30.7 Å². The largest absolute Gasteiger partial charge is 0.351 e. The van der Waals surface area contributed by atoms with Gasteiger partial charge in [-0.05, 0) is 44.4 Å². The fourth-order valence-corrected chi connectivity index (χ4v) is 4.83. The zero-order chi connectivity index (χ0) is 19.1. The molecule has 27 heavy (non-hydrogen) atoms. The number of carbonyl (C=O) groups is 1. The van der Waals surface area contributed by atoms with Gasteiger partial charge in [-0.3, -0.25) is 9.69 Å². The number of rotatable bonds is 8. The highest BCUT2D eigenvalue weighted by atomic mass is 32.2. The molecule has 0 spiro atoms. The molecule has 1 saturated heterocycles. The summed E-state index contributed by atoms with van der Waals surface area (Å²) in [6, 6.07) is 9.35. The molecular weight excluding hydrogens is 374 g/mol. The van der Waals surface area contributed by atoms with Gasteiger partial charge in [0, 0.05) is 30.3 Å². The van der Waals surface area contributed by atoms with Crippen LogP contribution in [0.15, 0.2) is 29.6 Å². The van der Waals surface area contributed by atoms with Crippen molar-refractivity contribution < 1.29 is 4.79 Å². The molecule has 4 nitrogen and oxygen atoms in total. The van der Waals surface area contributed by atoms with Crippen molar-refractivity contribution >= 4 is 29.0 Å². The predicted octanol–water partition coefficient (Wildman–Crippen LogP) is 4.38. The van der Waals surface area contributed by atoms with Gasteiger partial charge in [0.1, 0.15) is 0 Å². The molecule has 1 fully saturated rings. The van der Waals surface area contributed by atoms with Gasteiger partial charge in [0.2, 0.25) is 5.91 Å². The average Bonchev–Trinajstić information content (AvgIpc) is 3.08. The maximum absolute atomic E-state index is 12.0. The lowest BCUT2D eigenvalue weighted by atomic mass is 10.0. The minimum atomic E-state index is 0.0816. The van der Waals surface area contributed by atoms with Crippen LogP contribution in [0.25, 0.3) is 0 Å². The Balaban J connectivity index is 1.37. The number of likely N-dealkylation sites (tertiary alicyclic amines) is 1. The second-order valence-electron chi connectivity index (χ2n) is 7.26. The lowest BCUT2D eigenvalue weighted by molar-refractivity contribution is -0.118. The lowest BCUT2D eigenvalue weighted by Crippen LogP contribution is -2.36. The standard InChI is InChI=1S/C21H29N3OS2/c1-16-5-3-4-10-24(16)12-19-8-6-18(7-9-19)11-22-21(25)15-26-13-20-14-27-17(2)23-20/h6-9,14,16H,3-5,10-13,15H2,1-2H3,(H,22,25). The number of thiazole rings is 1. The number of hydrogen-bond donors (Lipinski definition) is 1. The minimum Gasteiger partial charge on any atom is -0.351 e. The van der Waals surface area contributed by atoms with Gasteiger partial charge in [-0.2, -0.15) is 0 Å². The summed E-state index contributed by atoms with van der Waals surface area (Å²) in [7, 11) is 0. The first kappa shape index (κ1) is 20.4. The van der Waals surface area contributed by atoms with Gasteiger partial charge in [0.25, 0.3) is 0 Å². The predicted molar refractivity (Wildman–Crippen MR) is 115 cm³/mol. The highest BCUT2D eigenvalue weighted by Gasteiger charge is 2.17. The van der Waals surface area contributed by atoms with Gasteiger partial charge >= 0.3 is 0 Å². The van der Waals surface area contributed by atoms with Crippen molar-refractivity contribution in [1.29, 1.82) is 0 Å². The van der Waals surface area contributed by atoms with E-state index in [0.29, 0.717) is 18.3 Å². The van der Waals surface area contributed by atoms with Crippen LogP contribution in [-0.4, -0.2) is 34.1 Å². The quantitative estimate of drug-likeness (QED) is 0.711. The monoisotopic (exact) mass is 403 g/mol. The SMILES string of the molecule is Cc1nc(CSCC(=O)NCc2ccc(CN3CCCCC3C)cc2)cs1. The molecule has 1 N–H and O–H groups in total. The highest BCUT2D eigenvalue weighted by Crippen LogP contribution is 2.19. The molecule has 1 aromatic heterocycles. The number of aryl methyl sites for hydroxylation is 1. The lowest BCUT2D eigenvalue weighted by Gasteiger charge is -2.33. The van der Waals surface area contributed by atoms with Crippen LogP contribution in [-0.2, 0) is 23.6 Å². The smallest absolute Gasteiger partial charge is 0.230 e. The molecule has 1 aromatic carbocycles. The van der Waals surface area contributed by atoms with Gasteiger partial charge in [-0.25, -0.2) is 4.98 Å². The van der Waals surface area contributed by atoms with E-state index in [9.17, 15) is 4.79 Å². The summed E-state index contributed by atoms with van der Waals surface area (Å²) in [5.74, 6) is 1.35. The molecule has 2 aromatic rings. The number of aromatic nitrogens is 1. The summed E-state index contributed by atoms with van der Waals surface area (Å²) in [6.07, 6.45) is 3.98. The fraction of sp³-hybridized carbons (Fsp3) is 0.524. The Morgan fingerprint density at radius 1 is 1.30 bits per heavy atom. The molecule has 2 heterocycles. The number of amides is 1. The second-order valence-corrected chi connectivity index (χ2v) is 9.31. The van der Waals surface area contributed by atoms with Crippen molar-refractivity contribution in [1.82, 2.24) is 15.2 Å². The van der Waals surface area contributed by atoms with Crippen LogP contribution in [0.1, 0.15) is 48.0 Å². The van der Waals surface area contributed by atoms with Crippen LogP contribution in [0.3, 0.4) is 0 Å². The van der Waals surface area contributed by atoms with Crippen LogP contribution in [0, 0.1) is 6.92 Å². The molecule has 1 amide bonds. The first-order valence-corrected chi connectivity index (χ1v) is 11.7. The molecule has 0 radical (unpaired) electrons. The number of piperidine rings is 1. The van der Waals surface area contributed by atoms with E-state index >= 15 is 0 Å². The van der Waals surface area contributed by atoms with E-state index in [0.717, 1.165) is 28.6 Å². The van der Waals surface area contributed by atoms with Crippen molar-refractivity contribution in [2.75, 3.05) is 12.3 Å². The van der Waals surface area contributed by atoms with Crippen molar-refractivity contribution in [2.24, 2.45) is 0 Å². The minimum absolute atomic E-state index is 0.0816. The summed E-state index contributed by atoms with van der Waals surface area (Å²) < 4.78 is 0. The van der Waals surface area contributed by atoms with E-state index in [-0.39, 0.29) is 5.91 Å².